The SMILES string of the molecule is CCN(CCOC(=O)C1=C(C)N=C(C)C(C(=O)OC)C1c1cccc(Cl)c1Cl)Cc1ccccc1. The molecule has 0 saturated carbocycles. The van der Waals surface area contributed by atoms with E-state index in [-0.39, 0.29) is 17.2 Å². The Morgan fingerprint density at radius 1 is 1.06 bits per heavy atom. The number of halogens is 2. The van der Waals surface area contributed by atoms with Crippen LogP contribution in [-0.4, -0.2) is 49.4 Å². The molecule has 0 aromatic heterocycles. The number of allylic oxidation sites excluding steroid dienone is 1. The fourth-order valence-corrected chi connectivity index (χ4v) is 4.79. The second-order valence-electron chi connectivity index (χ2n) is 8.36. The first-order chi connectivity index (χ1) is 16.8. The molecule has 2 aromatic rings. The summed E-state index contributed by atoms with van der Waals surface area (Å²) in [6.07, 6.45) is 0. The van der Waals surface area contributed by atoms with Gasteiger partial charge < -0.3 is 9.47 Å². The van der Waals surface area contributed by atoms with Crippen LogP contribution >= 0.6 is 23.2 Å². The summed E-state index contributed by atoms with van der Waals surface area (Å²) in [5.41, 5.74) is 3.03. The van der Waals surface area contributed by atoms with Gasteiger partial charge in [-0.2, -0.15) is 0 Å². The van der Waals surface area contributed by atoms with E-state index >= 15 is 0 Å². The molecule has 6 nitrogen and oxygen atoms in total. The Kier molecular flexibility index (Phi) is 9.49. The third-order valence-electron chi connectivity index (χ3n) is 6.16. The van der Waals surface area contributed by atoms with Gasteiger partial charge in [-0.1, -0.05) is 72.6 Å². The van der Waals surface area contributed by atoms with Crippen molar-refractivity contribution in [2.75, 3.05) is 26.8 Å². The van der Waals surface area contributed by atoms with Gasteiger partial charge in [0.15, 0.2) is 0 Å². The lowest BCUT2D eigenvalue weighted by Crippen LogP contribution is -2.37. The first-order valence-electron chi connectivity index (χ1n) is 11.5. The molecule has 1 aliphatic heterocycles. The number of hydrogen-bond acceptors (Lipinski definition) is 6. The van der Waals surface area contributed by atoms with Crippen molar-refractivity contribution in [3.8, 4) is 0 Å². The summed E-state index contributed by atoms with van der Waals surface area (Å²) in [5, 5.41) is 0.610. The Hall–Kier alpha value is -2.67. The monoisotopic (exact) mass is 516 g/mol. The highest BCUT2D eigenvalue weighted by Crippen LogP contribution is 2.44. The van der Waals surface area contributed by atoms with Gasteiger partial charge in [-0.25, -0.2) is 4.79 Å². The van der Waals surface area contributed by atoms with E-state index < -0.39 is 23.8 Å². The van der Waals surface area contributed by atoms with Crippen LogP contribution in [-0.2, 0) is 25.6 Å². The lowest BCUT2D eigenvalue weighted by atomic mass is 9.75. The first-order valence-corrected chi connectivity index (χ1v) is 12.2. The molecular weight excluding hydrogens is 487 g/mol. The molecule has 35 heavy (non-hydrogen) atoms. The smallest absolute Gasteiger partial charge is 0.336 e. The van der Waals surface area contributed by atoms with E-state index in [1.807, 2.05) is 18.2 Å². The number of nitrogens with zero attached hydrogens (tertiary/aromatic N) is 2. The summed E-state index contributed by atoms with van der Waals surface area (Å²) in [6.45, 7) is 7.85. The summed E-state index contributed by atoms with van der Waals surface area (Å²) in [6, 6.07) is 15.3. The Labute approximate surface area is 216 Å². The Morgan fingerprint density at radius 2 is 1.77 bits per heavy atom. The molecule has 2 atom stereocenters. The number of methoxy groups -OCH3 is 1. The molecule has 0 bridgehead atoms. The normalized spacial score (nSPS) is 17.9. The summed E-state index contributed by atoms with van der Waals surface area (Å²) in [4.78, 5) is 32.8. The summed E-state index contributed by atoms with van der Waals surface area (Å²) in [7, 11) is 1.31. The molecule has 8 heteroatoms. The van der Waals surface area contributed by atoms with Crippen molar-refractivity contribution in [3.05, 3.63) is 81.0 Å². The molecule has 0 aliphatic carbocycles. The second kappa shape index (κ2) is 12.3. The number of carbonyl (C=O) groups is 2. The van der Waals surface area contributed by atoms with Crippen molar-refractivity contribution in [2.24, 2.45) is 10.9 Å². The molecule has 0 fully saturated rings. The predicted octanol–water partition coefficient (Wildman–Crippen LogP) is 5.68. The highest BCUT2D eigenvalue weighted by atomic mass is 35.5. The third kappa shape index (κ3) is 6.31. The molecule has 0 amide bonds. The zero-order chi connectivity index (χ0) is 25.5. The van der Waals surface area contributed by atoms with Gasteiger partial charge in [-0.3, -0.25) is 14.7 Å². The van der Waals surface area contributed by atoms with Crippen LogP contribution in [0, 0.1) is 5.92 Å². The van der Waals surface area contributed by atoms with Gasteiger partial charge in [0.25, 0.3) is 0 Å². The lowest BCUT2D eigenvalue weighted by Gasteiger charge is -2.32. The van der Waals surface area contributed by atoms with E-state index in [1.54, 1.807) is 32.0 Å². The number of likely N-dealkylation sites (N-methyl/N-ethyl adjacent to an activating group) is 1. The number of aliphatic imine (C=N–C) groups is 1. The molecule has 186 valence electrons. The third-order valence-corrected chi connectivity index (χ3v) is 6.99. The van der Waals surface area contributed by atoms with Crippen LogP contribution < -0.4 is 0 Å². The minimum absolute atomic E-state index is 0.192. The van der Waals surface area contributed by atoms with Crippen LogP contribution in [0.1, 0.15) is 37.8 Å². The molecular formula is C27H30Cl2N2O4. The summed E-state index contributed by atoms with van der Waals surface area (Å²) < 4.78 is 10.8. The molecule has 0 saturated heterocycles. The highest BCUT2D eigenvalue weighted by Gasteiger charge is 2.43. The molecule has 1 aliphatic rings. The molecule has 0 N–H and O–H groups in total. The van der Waals surface area contributed by atoms with E-state index in [4.69, 9.17) is 32.7 Å². The lowest BCUT2D eigenvalue weighted by molar-refractivity contribution is -0.144. The van der Waals surface area contributed by atoms with E-state index in [0.29, 0.717) is 28.5 Å². The molecule has 0 radical (unpaired) electrons. The van der Waals surface area contributed by atoms with Crippen molar-refractivity contribution in [1.82, 2.24) is 4.90 Å². The maximum Gasteiger partial charge on any atom is 0.336 e. The van der Waals surface area contributed by atoms with Gasteiger partial charge in [0.1, 0.15) is 12.5 Å². The zero-order valence-corrected chi connectivity index (χ0v) is 21.9. The summed E-state index contributed by atoms with van der Waals surface area (Å²) >= 11 is 12.8. The van der Waals surface area contributed by atoms with E-state index in [1.165, 1.54) is 12.7 Å². The molecule has 2 aromatic carbocycles. The first kappa shape index (κ1) is 26.9. The Balaban J connectivity index is 1.85. The molecule has 2 unspecified atom stereocenters. The second-order valence-corrected chi connectivity index (χ2v) is 9.15. The molecule has 0 spiro atoms. The number of hydrogen-bond donors (Lipinski definition) is 0. The number of ether oxygens (including phenoxy) is 2. The maximum absolute atomic E-state index is 13.4. The van der Waals surface area contributed by atoms with Gasteiger partial charge in [-0.05, 0) is 37.6 Å². The van der Waals surface area contributed by atoms with Gasteiger partial charge in [0.2, 0.25) is 0 Å². The van der Waals surface area contributed by atoms with Crippen molar-refractivity contribution in [2.45, 2.75) is 33.2 Å². The van der Waals surface area contributed by atoms with E-state index in [2.05, 4.69) is 28.9 Å². The van der Waals surface area contributed by atoms with Crippen molar-refractivity contribution in [3.63, 3.8) is 0 Å². The Bertz CT molecular complexity index is 1130. The topological polar surface area (TPSA) is 68.2 Å². The molecule has 3 rings (SSSR count). The van der Waals surface area contributed by atoms with Crippen LogP contribution in [0.15, 0.2) is 64.8 Å². The van der Waals surface area contributed by atoms with Crippen LogP contribution in [0.4, 0.5) is 0 Å². The minimum Gasteiger partial charge on any atom is -0.468 e. The fraction of sp³-hybridized carbons (Fsp3) is 0.370. The standard InChI is InChI=1S/C27H30Cl2N2O4/c1-5-31(16-19-10-7-6-8-11-19)14-15-35-27(33)23-18(3)30-17(2)22(26(32)34-4)24(23)20-12-9-13-21(28)25(20)29/h6-13,22,24H,5,14-16H2,1-4H3. The van der Waals surface area contributed by atoms with Gasteiger partial charge in [-0.15, -0.1) is 0 Å². The minimum atomic E-state index is -0.826. The average molecular weight is 517 g/mol. The van der Waals surface area contributed by atoms with E-state index in [0.717, 1.165) is 13.1 Å². The van der Waals surface area contributed by atoms with Crippen molar-refractivity contribution < 1.29 is 19.1 Å². The van der Waals surface area contributed by atoms with Gasteiger partial charge in [0.05, 0.1) is 22.7 Å². The average Bonchev–Trinajstić information content (AvgIpc) is 2.84. The van der Waals surface area contributed by atoms with Crippen LogP contribution in [0.3, 0.4) is 0 Å². The fourth-order valence-electron chi connectivity index (χ4n) is 4.37. The number of benzene rings is 2. The molecule has 1 heterocycles. The largest absolute Gasteiger partial charge is 0.468 e. The number of carbonyl (C=O) groups excluding carboxylic acids is 2. The van der Waals surface area contributed by atoms with Crippen LogP contribution in [0.2, 0.25) is 10.0 Å². The van der Waals surface area contributed by atoms with Crippen LogP contribution in [0.5, 0.6) is 0 Å². The number of esters is 2. The van der Waals surface area contributed by atoms with Crippen molar-refractivity contribution >= 4 is 40.9 Å². The highest BCUT2D eigenvalue weighted by molar-refractivity contribution is 6.42. The van der Waals surface area contributed by atoms with Gasteiger partial charge in [0, 0.05) is 30.4 Å². The zero-order valence-electron chi connectivity index (χ0n) is 20.4. The number of rotatable bonds is 9. The van der Waals surface area contributed by atoms with Crippen LogP contribution in [0.25, 0.3) is 0 Å². The predicted molar refractivity (Wildman–Crippen MR) is 139 cm³/mol. The Morgan fingerprint density at radius 3 is 2.43 bits per heavy atom. The summed E-state index contributed by atoms with van der Waals surface area (Å²) in [5.74, 6) is -2.60. The quantitative estimate of drug-likeness (QED) is 0.401. The van der Waals surface area contributed by atoms with Crippen molar-refractivity contribution in [1.29, 1.82) is 0 Å². The van der Waals surface area contributed by atoms with Gasteiger partial charge >= 0.3 is 11.9 Å². The van der Waals surface area contributed by atoms with E-state index in [9.17, 15) is 9.59 Å². The maximum atomic E-state index is 13.4.